The van der Waals surface area contributed by atoms with Crippen molar-refractivity contribution in [1.29, 1.82) is 0 Å². The molecule has 0 aliphatic rings. The summed E-state index contributed by atoms with van der Waals surface area (Å²) in [4.78, 5) is 21.3. The molecule has 0 aromatic rings. The Kier molecular flexibility index (Phi) is 4.59. The van der Waals surface area contributed by atoms with Crippen molar-refractivity contribution in [1.82, 2.24) is 0 Å². The standard InChI is InChI=1S/C11H22O3/c1-7-8-11(5,6)9(12)13-14-10(2,3)4/h7-8H2,1-6H3. The summed E-state index contributed by atoms with van der Waals surface area (Å²) in [7, 11) is 0. The molecule has 0 heterocycles. The van der Waals surface area contributed by atoms with Gasteiger partial charge in [-0.25, -0.2) is 4.79 Å². The van der Waals surface area contributed by atoms with Gasteiger partial charge in [-0.15, -0.1) is 0 Å². The van der Waals surface area contributed by atoms with E-state index in [2.05, 4.69) is 0 Å². The van der Waals surface area contributed by atoms with Gasteiger partial charge in [0.2, 0.25) is 0 Å². The van der Waals surface area contributed by atoms with Crippen LogP contribution in [0.2, 0.25) is 0 Å². The highest BCUT2D eigenvalue weighted by Crippen LogP contribution is 2.24. The van der Waals surface area contributed by atoms with Crippen molar-refractivity contribution in [2.24, 2.45) is 5.41 Å². The topological polar surface area (TPSA) is 35.5 Å². The maximum atomic E-state index is 11.6. The van der Waals surface area contributed by atoms with Gasteiger partial charge in [0.05, 0.1) is 5.41 Å². The van der Waals surface area contributed by atoms with E-state index in [1.807, 2.05) is 41.5 Å². The maximum Gasteiger partial charge on any atom is 0.347 e. The first-order chi connectivity index (χ1) is 6.19. The molecule has 0 radical (unpaired) electrons. The third-order valence-corrected chi connectivity index (χ3v) is 1.79. The van der Waals surface area contributed by atoms with Gasteiger partial charge in [0.1, 0.15) is 5.60 Å². The van der Waals surface area contributed by atoms with Crippen LogP contribution in [-0.2, 0) is 14.6 Å². The molecule has 84 valence electrons. The first kappa shape index (κ1) is 13.4. The van der Waals surface area contributed by atoms with Crippen LogP contribution in [0.4, 0.5) is 0 Å². The molecule has 0 amide bonds. The maximum absolute atomic E-state index is 11.6. The van der Waals surface area contributed by atoms with E-state index >= 15 is 0 Å². The fourth-order valence-corrected chi connectivity index (χ4v) is 1.00. The lowest BCUT2D eigenvalue weighted by Gasteiger charge is -2.23. The van der Waals surface area contributed by atoms with E-state index < -0.39 is 11.0 Å². The van der Waals surface area contributed by atoms with Crippen LogP contribution in [0.3, 0.4) is 0 Å². The Labute approximate surface area is 86.7 Å². The molecule has 0 aliphatic carbocycles. The quantitative estimate of drug-likeness (QED) is 0.519. The van der Waals surface area contributed by atoms with Crippen LogP contribution in [0.15, 0.2) is 0 Å². The predicted molar refractivity (Wildman–Crippen MR) is 55.6 cm³/mol. The van der Waals surface area contributed by atoms with Crippen LogP contribution >= 0.6 is 0 Å². The highest BCUT2D eigenvalue weighted by molar-refractivity contribution is 5.75. The van der Waals surface area contributed by atoms with E-state index in [-0.39, 0.29) is 5.97 Å². The van der Waals surface area contributed by atoms with E-state index in [0.717, 1.165) is 12.8 Å². The van der Waals surface area contributed by atoms with Gasteiger partial charge in [0, 0.05) is 0 Å². The van der Waals surface area contributed by atoms with Crippen LogP contribution < -0.4 is 0 Å². The van der Waals surface area contributed by atoms with Gasteiger partial charge in [-0.2, -0.15) is 4.89 Å². The minimum Gasteiger partial charge on any atom is -0.297 e. The Balaban J connectivity index is 4.08. The van der Waals surface area contributed by atoms with Gasteiger partial charge in [0.15, 0.2) is 0 Å². The van der Waals surface area contributed by atoms with Gasteiger partial charge in [-0.3, -0.25) is 4.89 Å². The third kappa shape index (κ3) is 5.22. The zero-order chi connectivity index (χ0) is 11.4. The molecule has 0 saturated heterocycles. The van der Waals surface area contributed by atoms with E-state index in [1.54, 1.807) is 0 Å². The first-order valence-corrected chi connectivity index (χ1v) is 5.09. The smallest absolute Gasteiger partial charge is 0.297 e. The summed E-state index contributed by atoms with van der Waals surface area (Å²) in [5.41, 5.74) is -0.905. The molecular weight excluding hydrogens is 180 g/mol. The average Bonchev–Trinajstić information content (AvgIpc) is 1.98. The van der Waals surface area contributed by atoms with Gasteiger partial charge < -0.3 is 0 Å². The summed E-state index contributed by atoms with van der Waals surface area (Å²) in [5, 5.41) is 0. The van der Waals surface area contributed by atoms with Crippen LogP contribution in [-0.4, -0.2) is 11.6 Å². The highest BCUT2D eigenvalue weighted by Gasteiger charge is 2.30. The molecule has 0 rings (SSSR count). The molecule has 14 heavy (non-hydrogen) atoms. The van der Waals surface area contributed by atoms with Gasteiger partial charge in [-0.05, 0) is 41.0 Å². The lowest BCUT2D eigenvalue weighted by atomic mass is 9.88. The van der Waals surface area contributed by atoms with Crippen molar-refractivity contribution in [2.45, 2.75) is 60.0 Å². The Morgan fingerprint density at radius 1 is 1.14 bits per heavy atom. The molecule has 0 N–H and O–H groups in total. The SMILES string of the molecule is CCCC(C)(C)C(=O)OOC(C)(C)C. The van der Waals surface area contributed by atoms with Crippen molar-refractivity contribution in [2.75, 3.05) is 0 Å². The summed E-state index contributed by atoms with van der Waals surface area (Å²) in [5.74, 6) is -0.297. The Hall–Kier alpha value is -0.570. The van der Waals surface area contributed by atoms with E-state index in [1.165, 1.54) is 0 Å². The number of hydrogen-bond donors (Lipinski definition) is 0. The second-order valence-corrected chi connectivity index (χ2v) is 5.20. The van der Waals surface area contributed by atoms with E-state index in [4.69, 9.17) is 9.78 Å². The zero-order valence-electron chi connectivity index (χ0n) is 10.1. The van der Waals surface area contributed by atoms with Crippen LogP contribution in [0.1, 0.15) is 54.4 Å². The fourth-order valence-electron chi connectivity index (χ4n) is 1.00. The molecule has 0 unspecified atom stereocenters. The molecule has 0 saturated carbocycles. The Morgan fingerprint density at radius 3 is 2.00 bits per heavy atom. The highest BCUT2D eigenvalue weighted by atomic mass is 17.2. The Morgan fingerprint density at radius 2 is 1.64 bits per heavy atom. The molecule has 0 aromatic heterocycles. The fraction of sp³-hybridized carbons (Fsp3) is 0.909. The predicted octanol–water partition coefficient (Wildman–Crippen LogP) is 3.09. The Bertz CT molecular complexity index is 189. The summed E-state index contributed by atoms with van der Waals surface area (Å²) >= 11 is 0. The minimum atomic E-state index is -0.458. The molecular formula is C11H22O3. The van der Waals surface area contributed by atoms with Crippen molar-refractivity contribution < 1.29 is 14.6 Å². The summed E-state index contributed by atoms with van der Waals surface area (Å²) in [6, 6.07) is 0. The van der Waals surface area contributed by atoms with Crippen molar-refractivity contribution >= 4 is 5.97 Å². The van der Waals surface area contributed by atoms with Gasteiger partial charge in [-0.1, -0.05) is 13.3 Å². The summed E-state index contributed by atoms with van der Waals surface area (Å²) in [6.45, 7) is 11.3. The summed E-state index contributed by atoms with van der Waals surface area (Å²) < 4.78 is 0. The van der Waals surface area contributed by atoms with Crippen molar-refractivity contribution in [3.05, 3.63) is 0 Å². The lowest BCUT2D eigenvalue weighted by molar-refractivity contribution is -0.326. The second kappa shape index (κ2) is 4.78. The van der Waals surface area contributed by atoms with Crippen LogP contribution in [0.5, 0.6) is 0 Å². The molecule has 3 nitrogen and oxygen atoms in total. The van der Waals surface area contributed by atoms with Crippen LogP contribution in [0, 0.1) is 5.41 Å². The van der Waals surface area contributed by atoms with E-state index in [9.17, 15) is 4.79 Å². The zero-order valence-corrected chi connectivity index (χ0v) is 10.1. The van der Waals surface area contributed by atoms with Crippen molar-refractivity contribution in [3.8, 4) is 0 Å². The van der Waals surface area contributed by atoms with Crippen LogP contribution in [0.25, 0.3) is 0 Å². The second-order valence-electron chi connectivity index (χ2n) is 5.20. The molecule has 0 bridgehead atoms. The first-order valence-electron chi connectivity index (χ1n) is 5.09. The normalized spacial score (nSPS) is 12.7. The number of carbonyl (C=O) groups excluding carboxylic acids is 1. The largest absolute Gasteiger partial charge is 0.347 e. The average molecular weight is 202 g/mol. The monoisotopic (exact) mass is 202 g/mol. The molecule has 0 aromatic carbocycles. The number of rotatable bonds is 4. The molecule has 0 atom stereocenters. The molecule has 0 fully saturated rings. The lowest BCUT2D eigenvalue weighted by Crippen LogP contribution is -2.30. The van der Waals surface area contributed by atoms with Gasteiger partial charge in [0.25, 0.3) is 0 Å². The number of hydrogen-bond acceptors (Lipinski definition) is 3. The molecule has 3 heteroatoms. The van der Waals surface area contributed by atoms with E-state index in [0.29, 0.717) is 0 Å². The minimum absolute atomic E-state index is 0.297. The summed E-state index contributed by atoms with van der Waals surface area (Å²) in [6.07, 6.45) is 1.76. The molecule has 0 aliphatic heterocycles. The van der Waals surface area contributed by atoms with Gasteiger partial charge >= 0.3 is 5.97 Å². The molecule has 0 spiro atoms. The number of carbonyl (C=O) groups is 1. The third-order valence-electron chi connectivity index (χ3n) is 1.79. The van der Waals surface area contributed by atoms with Crippen molar-refractivity contribution in [3.63, 3.8) is 0 Å².